The molecule has 3 nitrogen and oxygen atoms in total. The molecule has 1 aromatic rings. The van der Waals surface area contributed by atoms with Gasteiger partial charge in [-0.05, 0) is 24.1 Å². The van der Waals surface area contributed by atoms with Crippen LogP contribution in [0.1, 0.15) is 102 Å². The Hall–Kier alpha value is -0.610. The van der Waals surface area contributed by atoms with Crippen LogP contribution in [0.4, 0.5) is 0 Å². The first-order valence-corrected chi connectivity index (χ1v) is 12.7. The van der Waals surface area contributed by atoms with E-state index in [2.05, 4.69) is 6.92 Å². The molecule has 174 valence electrons. The van der Waals surface area contributed by atoms with Crippen molar-refractivity contribution in [2.24, 2.45) is 0 Å². The second-order valence-electron chi connectivity index (χ2n) is 8.42. The Labute approximate surface area is 190 Å². The van der Waals surface area contributed by atoms with Crippen LogP contribution in [0.2, 0.25) is 5.02 Å². The van der Waals surface area contributed by atoms with Crippen LogP contribution >= 0.6 is 11.6 Å². The number of aliphatic hydroxyl groups is 1. The molecular formula is C26H45ClO3. The van der Waals surface area contributed by atoms with Gasteiger partial charge in [0.15, 0.2) is 0 Å². The third-order valence-corrected chi connectivity index (χ3v) is 5.76. The Morgan fingerprint density at radius 3 is 1.93 bits per heavy atom. The second kappa shape index (κ2) is 20.3. The van der Waals surface area contributed by atoms with E-state index in [-0.39, 0.29) is 12.7 Å². The van der Waals surface area contributed by atoms with Crippen molar-refractivity contribution in [3.63, 3.8) is 0 Å². The largest absolute Gasteiger partial charge is 0.394 e. The van der Waals surface area contributed by atoms with E-state index in [9.17, 15) is 5.11 Å². The standard InChI is InChI=1S/C26H45ClO3/c1-2-3-4-5-6-7-8-9-10-11-12-13-14-15-19-29-23-26(21-28)30-22-24-17-16-18-25(27)20-24/h16-18,20,26,28H,2-15,19,21-23H2,1H3/t26-/m1/s1. The van der Waals surface area contributed by atoms with E-state index >= 15 is 0 Å². The average Bonchev–Trinajstić information content (AvgIpc) is 2.75. The summed E-state index contributed by atoms with van der Waals surface area (Å²) in [6.45, 7) is 3.87. The summed E-state index contributed by atoms with van der Waals surface area (Å²) >= 11 is 5.98. The molecule has 0 saturated heterocycles. The van der Waals surface area contributed by atoms with Gasteiger partial charge in [0.1, 0.15) is 6.10 Å². The van der Waals surface area contributed by atoms with Crippen LogP contribution < -0.4 is 0 Å². The van der Waals surface area contributed by atoms with Crippen molar-refractivity contribution in [2.45, 2.75) is 110 Å². The van der Waals surface area contributed by atoms with Gasteiger partial charge in [-0.1, -0.05) is 114 Å². The summed E-state index contributed by atoms with van der Waals surface area (Å²) in [6.07, 6.45) is 18.8. The van der Waals surface area contributed by atoms with Gasteiger partial charge >= 0.3 is 0 Å². The fraction of sp³-hybridized carbons (Fsp3) is 0.769. The van der Waals surface area contributed by atoms with Crippen LogP contribution in [-0.2, 0) is 16.1 Å². The van der Waals surface area contributed by atoms with Gasteiger partial charge in [-0.25, -0.2) is 0 Å². The maximum atomic E-state index is 9.45. The van der Waals surface area contributed by atoms with Gasteiger partial charge in [0.2, 0.25) is 0 Å². The smallest absolute Gasteiger partial charge is 0.104 e. The Morgan fingerprint density at radius 1 is 0.833 bits per heavy atom. The highest BCUT2D eigenvalue weighted by Gasteiger charge is 2.08. The maximum Gasteiger partial charge on any atom is 0.104 e. The molecule has 1 rings (SSSR count). The number of halogens is 1. The summed E-state index contributed by atoms with van der Waals surface area (Å²) < 4.78 is 11.4. The molecule has 0 aliphatic carbocycles. The second-order valence-corrected chi connectivity index (χ2v) is 8.85. The topological polar surface area (TPSA) is 38.7 Å². The first kappa shape index (κ1) is 27.4. The molecule has 0 fully saturated rings. The molecule has 0 unspecified atom stereocenters. The molecule has 0 bridgehead atoms. The first-order valence-electron chi connectivity index (χ1n) is 12.3. The lowest BCUT2D eigenvalue weighted by molar-refractivity contribution is -0.0502. The summed E-state index contributed by atoms with van der Waals surface area (Å²) in [4.78, 5) is 0. The molecule has 0 radical (unpaired) electrons. The van der Waals surface area contributed by atoms with E-state index in [1.807, 2.05) is 24.3 Å². The number of benzene rings is 1. The summed E-state index contributed by atoms with van der Waals surface area (Å²) in [5, 5.41) is 10.2. The van der Waals surface area contributed by atoms with Crippen LogP contribution in [-0.4, -0.2) is 31.0 Å². The highest BCUT2D eigenvalue weighted by atomic mass is 35.5. The van der Waals surface area contributed by atoms with Gasteiger partial charge in [-0.2, -0.15) is 0 Å². The fourth-order valence-electron chi connectivity index (χ4n) is 3.61. The van der Waals surface area contributed by atoms with Gasteiger partial charge in [-0.15, -0.1) is 0 Å². The summed E-state index contributed by atoms with van der Waals surface area (Å²) in [7, 11) is 0. The molecule has 4 heteroatoms. The molecule has 1 N–H and O–H groups in total. The molecule has 30 heavy (non-hydrogen) atoms. The monoisotopic (exact) mass is 440 g/mol. The Bertz CT molecular complexity index is 495. The molecule has 0 aliphatic rings. The van der Waals surface area contributed by atoms with Crippen LogP contribution in [0, 0.1) is 0 Å². The zero-order chi connectivity index (χ0) is 21.7. The summed E-state index contributed by atoms with van der Waals surface area (Å²) in [5.41, 5.74) is 1.01. The van der Waals surface area contributed by atoms with Crippen LogP contribution in [0.3, 0.4) is 0 Å². The van der Waals surface area contributed by atoms with E-state index in [0.29, 0.717) is 18.2 Å². The molecule has 0 aliphatic heterocycles. The lowest BCUT2D eigenvalue weighted by Crippen LogP contribution is -2.24. The molecule has 0 spiro atoms. The maximum absolute atomic E-state index is 9.45. The number of rotatable bonds is 21. The van der Waals surface area contributed by atoms with Crippen molar-refractivity contribution in [1.82, 2.24) is 0 Å². The zero-order valence-electron chi connectivity index (χ0n) is 19.3. The van der Waals surface area contributed by atoms with Gasteiger partial charge in [0.05, 0.1) is 19.8 Å². The number of ether oxygens (including phenoxy) is 2. The average molecular weight is 441 g/mol. The van der Waals surface area contributed by atoms with Gasteiger partial charge in [-0.3, -0.25) is 0 Å². The van der Waals surface area contributed by atoms with E-state index < -0.39 is 0 Å². The van der Waals surface area contributed by atoms with Gasteiger partial charge < -0.3 is 14.6 Å². The molecular weight excluding hydrogens is 396 g/mol. The highest BCUT2D eigenvalue weighted by Crippen LogP contribution is 2.14. The predicted molar refractivity (Wildman–Crippen MR) is 128 cm³/mol. The minimum absolute atomic E-state index is 0.0285. The van der Waals surface area contributed by atoms with Crippen molar-refractivity contribution in [3.05, 3.63) is 34.9 Å². The summed E-state index contributed by atoms with van der Waals surface area (Å²) in [5.74, 6) is 0. The molecule has 0 aromatic heterocycles. The van der Waals surface area contributed by atoms with Crippen molar-refractivity contribution >= 4 is 11.6 Å². The number of hydrogen-bond acceptors (Lipinski definition) is 3. The van der Waals surface area contributed by atoms with E-state index in [1.165, 1.54) is 83.5 Å². The van der Waals surface area contributed by atoms with E-state index in [4.69, 9.17) is 21.1 Å². The van der Waals surface area contributed by atoms with Crippen LogP contribution in [0.5, 0.6) is 0 Å². The van der Waals surface area contributed by atoms with Crippen LogP contribution in [0.25, 0.3) is 0 Å². The summed E-state index contributed by atoms with van der Waals surface area (Å²) in [6, 6.07) is 7.59. The normalized spacial score (nSPS) is 12.4. The number of unbranched alkanes of at least 4 members (excludes halogenated alkanes) is 13. The molecule has 1 atom stereocenters. The Morgan fingerprint density at radius 2 is 1.40 bits per heavy atom. The van der Waals surface area contributed by atoms with E-state index in [0.717, 1.165) is 18.6 Å². The predicted octanol–water partition coefficient (Wildman–Crippen LogP) is 7.72. The third kappa shape index (κ3) is 16.1. The van der Waals surface area contributed by atoms with Crippen molar-refractivity contribution < 1.29 is 14.6 Å². The zero-order valence-corrected chi connectivity index (χ0v) is 20.0. The van der Waals surface area contributed by atoms with Crippen LogP contribution in [0.15, 0.2) is 24.3 Å². The van der Waals surface area contributed by atoms with Gasteiger partial charge in [0, 0.05) is 11.6 Å². The minimum Gasteiger partial charge on any atom is -0.394 e. The first-order chi connectivity index (χ1) is 14.8. The number of hydrogen-bond donors (Lipinski definition) is 1. The van der Waals surface area contributed by atoms with Gasteiger partial charge in [0.25, 0.3) is 0 Å². The number of aliphatic hydroxyl groups excluding tert-OH is 1. The highest BCUT2D eigenvalue weighted by molar-refractivity contribution is 6.30. The lowest BCUT2D eigenvalue weighted by atomic mass is 10.0. The van der Waals surface area contributed by atoms with E-state index in [1.54, 1.807) is 0 Å². The molecule has 1 aromatic carbocycles. The molecule has 0 amide bonds. The Balaban J connectivity index is 1.85. The van der Waals surface area contributed by atoms with Crippen molar-refractivity contribution in [3.8, 4) is 0 Å². The fourth-order valence-corrected chi connectivity index (χ4v) is 3.82. The quantitative estimate of drug-likeness (QED) is 0.199. The SMILES string of the molecule is CCCCCCCCCCCCCCCCOC[C@@H](CO)OCc1cccc(Cl)c1. The Kier molecular flexibility index (Phi) is 18.6. The minimum atomic E-state index is -0.282. The molecule has 0 heterocycles. The molecule has 0 saturated carbocycles. The lowest BCUT2D eigenvalue weighted by Gasteiger charge is -2.16. The van der Waals surface area contributed by atoms with Crippen molar-refractivity contribution in [2.75, 3.05) is 19.8 Å². The third-order valence-electron chi connectivity index (χ3n) is 5.52. The van der Waals surface area contributed by atoms with Crippen molar-refractivity contribution in [1.29, 1.82) is 0 Å².